The number of halogens is 1. The van der Waals surface area contributed by atoms with E-state index in [0.717, 1.165) is 46.6 Å². The van der Waals surface area contributed by atoms with Crippen LogP contribution in [0.4, 0.5) is 0 Å². The Bertz CT molecular complexity index is 733. The van der Waals surface area contributed by atoms with Gasteiger partial charge < -0.3 is 14.1 Å². The second-order valence-electron chi connectivity index (χ2n) is 5.19. The van der Waals surface area contributed by atoms with Gasteiger partial charge in [0.1, 0.15) is 11.3 Å². The monoisotopic (exact) mass is 305 g/mol. The van der Waals surface area contributed by atoms with E-state index in [2.05, 4.69) is 16.7 Å². The summed E-state index contributed by atoms with van der Waals surface area (Å²) >= 11 is 6.34. The van der Waals surface area contributed by atoms with Crippen molar-refractivity contribution in [3.05, 3.63) is 40.1 Å². The first-order chi connectivity index (χ1) is 10.1. The van der Waals surface area contributed by atoms with Gasteiger partial charge in [0.2, 0.25) is 0 Å². The Labute approximate surface area is 127 Å². The van der Waals surface area contributed by atoms with Gasteiger partial charge in [0.15, 0.2) is 0 Å². The first-order valence-electron chi connectivity index (χ1n) is 6.77. The first-order valence-corrected chi connectivity index (χ1v) is 7.15. The predicted octanol–water partition coefficient (Wildman–Crippen LogP) is 3.26. The summed E-state index contributed by atoms with van der Waals surface area (Å²) in [6.45, 7) is 1.70. The second kappa shape index (κ2) is 5.54. The summed E-state index contributed by atoms with van der Waals surface area (Å²) in [6.07, 6.45) is 3.93. The number of benzene rings is 1. The summed E-state index contributed by atoms with van der Waals surface area (Å²) in [4.78, 5) is 13.5. The Morgan fingerprint density at radius 2 is 2.24 bits per heavy atom. The Hall–Kier alpha value is -1.78. The number of hydrogen-bond donors (Lipinski definition) is 0. The number of hydrogen-bond acceptors (Lipinski definition) is 4. The number of methoxy groups -OCH3 is 1. The van der Waals surface area contributed by atoms with Crippen LogP contribution in [0.25, 0.3) is 17.0 Å². The molecule has 0 atom stereocenters. The van der Waals surface area contributed by atoms with Gasteiger partial charge in [0.05, 0.1) is 7.11 Å². The molecular weight excluding hydrogens is 290 g/mol. The minimum atomic E-state index is -0.400. The van der Waals surface area contributed by atoms with Gasteiger partial charge in [-0.3, -0.25) is 0 Å². The largest absolute Gasteiger partial charge is 0.466 e. The standard InChI is InChI=1S/C16H16ClNO3/c1-18-8-7-10-12(17)3-4-14-16(10)11(9-18)13(21-14)5-6-15(19)20-2/h3-6H,7-9H2,1-2H3. The van der Waals surface area contributed by atoms with E-state index in [9.17, 15) is 4.79 Å². The van der Waals surface area contributed by atoms with Crippen LogP contribution in [0.3, 0.4) is 0 Å². The number of carbonyl (C=O) groups excluding carboxylic acids is 1. The molecule has 1 aromatic carbocycles. The zero-order valence-corrected chi connectivity index (χ0v) is 12.7. The van der Waals surface area contributed by atoms with Gasteiger partial charge in [-0.2, -0.15) is 0 Å². The van der Waals surface area contributed by atoms with E-state index >= 15 is 0 Å². The summed E-state index contributed by atoms with van der Waals surface area (Å²) in [5, 5.41) is 1.85. The van der Waals surface area contributed by atoms with Crippen molar-refractivity contribution in [2.75, 3.05) is 20.7 Å². The van der Waals surface area contributed by atoms with Crippen LogP contribution in [0.5, 0.6) is 0 Å². The number of likely N-dealkylation sites (N-methyl/N-ethyl adjacent to an activating group) is 1. The third kappa shape index (κ3) is 2.57. The molecule has 2 heterocycles. The number of carbonyl (C=O) groups is 1. The Kier molecular flexibility index (Phi) is 3.74. The lowest BCUT2D eigenvalue weighted by atomic mass is 10.0. The van der Waals surface area contributed by atoms with Gasteiger partial charge in [-0.05, 0) is 37.2 Å². The summed E-state index contributed by atoms with van der Waals surface area (Å²) in [7, 11) is 3.42. The molecule has 0 radical (unpaired) electrons. The van der Waals surface area contributed by atoms with Crippen molar-refractivity contribution in [3.63, 3.8) is 0 Å². The number of rotatable bonds is 2. The highest BCUT2D eigenvalue weighted by Gasteiger charge is 2.22. The molecule has 0 N–H and O–H groups in total. The number of nitrogens with zero attached hydrogens (tertiary/aromatic N) is 1. The number of ether oxygens (including phenoxy) is 1. The van der Waals surface area contributed by atoms with E-state index in [1.165, 1.54) is 13.2 Å². The lowest BCUT2D eigenvalue weighted by Crippen LogP contribution is -2.18. The van der Waals surface area contributed by atoms with E-state index in [1.54, 1.807) is 6.08 Å². The molecule has 1 aliphatic rings. The maximum atomic E-state index is 11.3. The molecule has 21 heavy (non-hydrogen) atoms. The molecule has 1 aliphatic heterocycles. The van der Waals surface area contributed by atoms with Gasteiger partial charge in [0.25, 0.3) is 0 Å². The molecule has 0 amide bonds. The minimum absolute atomic E-state index is 0.400. The van der Waals surface area contributed by atoms with Gasteiger partial charge in [-0.25, -0.2) is 4.79 Å². The molecule has 4 nitrogen and oxygen atoms in total. The quantitative estimate of drug-likeness (QED) is 0.631. The average molecular weight is 306 g/mol. The first kappa shape index (κ1) is 14.2. The molecule has 0 spiro atoms. The van der Waals surface area contributed by atoms with E-state index < -0.39 is 5.97 Å². The molecule has 0 aliphatic carbocycles. The van der Waals surface area contributed by atoms with Crippen LogP contribution in [0.2, 0.25) is 5.02 Å². The molecule has 5 heteroatoms. The molecule has 3 rings (SSSR count). The lowest BCUT2D eigenvalue weighted by molar-refractivity contribution is -0.134. The van der Waals surface area contributed by atoms with Crippen molar-refractivity contribution in [2.24, 2.45) is 0 Å². The number of furan rings is 1. The summed E-state index contributed by atoms with van der Waals surface area (Å²) in [5.41, 5.74) is 3.00. The van der Waals surface area contributed by atoms with E-state index in [1.807, 2.05) is 12.1 Å². The predicted molar refractivity (Wildman–Crippen MR) is 82.3 cm³/mol. The number of esters is 1. The van der Waals surface area contributed by atoms with Gasteiger partial charge in [-0.15, -0.1) is 0 Å². The van der Waals surface area contributed by atoms with Crippen molar-refractivity contribution in [2.45, 2.75) is 13.0 Å². The molecule has 2 aromatic rings. The molecule has 0 fully saturated rings. The van der Waals surface area contributed by atoms with E-state index in [0.29, 0.717) is 5.76 Å². The van der Waals surface area contributed by atoms with E-state index in [4.69, 9.17) is 16.0 Å². The molecule has 0 bridgehead atoms. The Morgan fingerprint density at radius 1 is 1.43 bits per heavy atom. The van der Waals surface area contributed by atoms with Crippen LogP contribution in [-0.2, 0) is 22.5 Å². The van der Waals surface area contributed by atoms with Crippen molar-refractivity contribution in [1.29, 1.82) is 0 Å². The zero-order valence-electron chi connectivity index (χ0n) is 12.0. The lowest BCUT2D eigenvalue weighted by Gasteiger charge is -2.12. The fraction of sp³-hybridized carbons (Fsp3) is 0.312. The minimum Gasteiger partial charge on any atom is -0.466 e. The summed E-state index contributed by atoms with van der Waals surface area (Å²) in [5.74, 6) is 0.288. The average Bonchev–Trinajstić information content (AvgIpc) is 2.70. The second-order valence-corrected chi connectivity index (χ2v) is 5.60. The third-order valence-corrected chi connectivity index (χ3v) is 4.13. The SMILES string of the molecule is COC(=O)C=Cc1oc2ccc(Cl)c3c2c1CN(C)CC3. The smallest absolute Gasteiger partial charge is 0.330 e. The van der Waals surface area contributed by atoms with Gasteiger partial charge in [-0.1, -0.05) is 11.6 Å². The van der Waals surface area contributed by atoms with Crippen molar-refractivity contribution < 1.29 is 13.9 Å². The molecule has 1 aromatic heterocycles. The third-order valence-electron chi connectivity index (χ3n) is 3.78. The Balaban J connectivity index is 2.18. The van der Waals surface area contributed by atoms with Crippen LogP contribution in [0, 0.1) is 0 Å². The zero-order chi connectivity index (χ0) is 15.0. The summed E-state index contributed by atoms with van der Waals surface area (Å²) in [6, 6.07) is 3.75. The molecule has 0 saturated carbocycles. The topological polar surface area (TPSA) is 42.7 Å². The van der Waals surface area contributed by atoms with Crippen LogP contribution >= 0.6 is 11.6 Å². The Morgan fingerprint density at radius 3 is 3.00 bits per heavy atom. The van der Waals surface area contributed by atoms with Crippen molar-refractivity contribution >= 4 is 34.6 Å². The molecule has 0 saturated heterocycles. The van der Waals surface area contributed by atoms with Crippen LogP contribution < -0.4 is 0 Å². The molecule has 0 unspecified atom stereocenters. The maximum Gasteiger partial charge on any atom is 0.330 e. The summed E-state index contributed by atoms with van der Waals surface area (Å²) < 4.78 is 10.5. The fourth-order valence-electron chi connectivity index (χ4n) is 2.72. The normalized spacial score (nSPS) is 15.6. The molecule has 110 valence electrons. The van der Waals surface area contributed by atoms with E-state index in [-0.39, 0.29) is 0 Å². The van der Waals surface area contributed by atoms with Gasteiger partial charge >= 0.3 is 5.97 Å². The van der Waals surface area contributed by atoms with Crippen molar-refractivity contribution in [3.8, 4) is 0 Å². The van der Waals surface area contributed by atoms with Crippen LogP contribution in [0.15, 0.2) is 22.6 Å². The highest BCUT2D eigenvalue weighted by Crippen LogP contribution is 2.36. The molecular formula is C16H16ClNO3. The van der Waals surface area contributed by atoms with Gasteiger partial charge in [0, 0.05) is 35.1 Å². The van der Waals surface area contributed by atoms with Crippen molar-refractivity contribution in [1.82, 2.24) is 4.90 Å². The van der Waals surface area contributed by atoms with Crippen LogP contribution in [-0.4, -0.2) is 31.6 Å². The van der Waals surface area contributed by atoms with Crippen LogP contribution in [0.1, 0.15) is 16.9 Å². The fourth-order valence-corrected chi connectivity index (χ4v) is 2.97. The highest BCUT2D eigenvalue weighted by atomic mass is 35.5. The maximum absolute atomic E-state index is 11.3. The highest BCUT2D eigenvalue weighted by molar-refractivity contribution is 6.32.